The van der Waals surface area contributed by atoms with E-state index in [-0.39, 0.29) is 0 Å². The lowest BCUT2D eigenvalue weighted by atomic mass is 9.86. The van der Waals surface area contributed by atoms with Crippen LogP contribution < -0.4 is 16.2 Å². The van der Waals surface area contributed by atoms with Crippen LogP contribution in [0.15, 0.2) is 48.7 Å². The average molecular weight is 356 g/mol. The molecule has 0 aliphatic rings. The second-order valence-corrected chi connectivity index (χ2v) is 7.00. The summed E-state index contributed by atoms with van der Waals surface area (Å²) < 4.78 is 0. The monoisotopic (exact) mass is 356 g/mol. The first-order chi connectivity index (χ1) is 12.3. The van der Waals surface area contributed by atoms with Gasteiger partial charge in [0, 0.05) is 18.3 Å². The first-order valence-electron chi connectivity index (χ1n) is 8.30. The van der Waals surface area contributed by atoms with Crippen LogP contribution >= 0.6 is 0 Å². The molecule has 0 aliphatic carbocycles. The largest absolute Gasteiger partial charge is 0.465 e. The van der Waals surface area contributed by atoms with Crippen LogP contribution in [0.3, 0.4) is 0 Å². The maximum Gasteiger partial charge on any atom is 0.405 e. The summed E-state index contributed by atoms with van der Waals surface area (Å²) in [6, 6.07) is 12.7. The molecule has 0 spiro atoms. The highest BCUT2D eigenvalue weighted by atomic mass is 16.4. The van der Waals surface area contributed by atoms with Crippen molar-refractivity contribution in [3.8, 4) is 11.3 Å². The van der Waals surface area contributed by atoms with Gasteiger partial charge in [0.1, 0.15) is 6.04 Å². The van der Waals surface area contributed by atoms with Gasteiger partial charge in [0.25, 0.3) is 5.91 Å². The molecule has 7 heteroatoms. The van der Waals surface area contributed by atoms with E-state index in [9.17, 15) is 9.59 Å². The van der Waals surface area contributed by atoms with Crippen molar-refractivity contribution in [2.24, 2.45) is 5.41 Å². The third-order valence-corrected chi connectivity index (χ3v) is 3.81. The van der Waals surface area contributed by atoms with E-state index in [4.69, 9.17) is 5.11 Å². The van der Waals surface area contributed by atoms with E-state index in [1.54, 1.807) is 27.0 Å². The molecule has 1 atom stereocenters. The zero-order chi connectivity index (χ0) is 19.2. The smallest absolute Gasteiger partial charge is 0.405 e. The zero-order valence-corrected chi connectivity index (χ0v) is 15.1. The van der Waals surface area contributed by atoms with Crippen LogP contribution in [0.4, 0.5) is 4.79 Å². The fourth-order valence-corrected chi connectivity index (χ4v) is 2.43. The number of amides is 2. The van der Waals surface area contributed by atoms with Gasteiger partial charge in [-0.15, -0.1) is 0 Å². The SMILES string of the molecule is CC(C)(C)[C@H](NC(=O)O)C(=O)NNCc1ccc(-c2ccccn2)cc1. The van der Waals surface area contributed by atoms with Crippen molar-refractivity contribution >= 4 is 12.0 Å². The molecule has 1 heterocycles. The lowest BCUT2D eigenvalue weighted by Gasteiger charge is -2.29. The van der Waals surface area contributed by atoms with E-state index in [1.807, 2.05) is 42.5 Å². The maximum absolute atomic E-state index is 12.2. The number of pyridine rings is 1. The highest BCUT2D eigenvalue weighted by Gasteiger charge is 2.32. The molecule has 0 radical (unpaired) electrons. The van der Waals surface area contributed by atoms with Crippen LogP contribution in [0, 0.1) is 5.41 Å². The van der Waals surface area contributed by atoms with E-state index >= 15 is 0 Å². The van der Waals surface area contributed by atoms with Gasteiger partial charge < -0.3 is 10.4 Å². The summed E-state index contributed by atoms with van der Waals surface area (Å²) in [4.78, 5) is 27.4. The van der Waals surface area contributed by atoms with Crippen molar-refractivity contribution in [2.45, 2.75) is 33.4 Å². The van der Waals surface area contributed by atoms with Gasteiger partial charge in [-0.05, 0) is 23.1 Å². The van der Waals surface area contributed by atoms with Crippen molar-refractivity contribution in [2.75, 3.05) is 0 Å². The highest BCUT2D eigenvalue weighted by molar-refractivity contribution is 5.85. The summed E-state index contributed by atoms with van der Waals surface area (Å²) in [6.07, 6.45) is 0.516. The van der Waals surface area contributed by atoms with Crippen molar-refractivity contribution in [3.05, 3.63) is 54.2 Å². The van der Waals surface area contributed by atoms with Crippen LogP contribution in [0.5, 0.6) is 0 Å². The first kappa shape index (κ1) is 19.4. The Labute approximate surface area is 152 Å². The molecule has 0 unspecified atom stereocenters. The summed E-state index contributed by atoms with van der Waals surface area (Å²) in [7, 11) is 0. The molecule has 138 valence electrons. The quantitative estimate of drug-likeness (QED) is 0.596. The molecule has 0 saturated heterocycles. The van der Waals surface area contributed by atoms with Gasteiger partial charge in [0.15, 0.2) is 0 Å². The Balaban J connectivity index is 1.90. The number of nitrogens with zero attached hydrogens (tertiary/aromatic N) is 1. The summed E-state index contributed by atoms with van der Waals surface area (Å²) in [5, 5.41) is 11.2. The Morgan fingerprint density at radius 1 is 1.12 bits per heavy atom. The van der Waals surface area contributed by atoms with Gasteiger partial charge in [0.05, 0.1) is 5.69 Å². The van der Waals surface area contributed by atoms with Crippen molar-refractivity contribution in [1.82, 2.24) is 21.2 Å². The van der Waals surface area contributed by atoms with Crippen LogP contribution in [0.25, 0.3) is 11.3 Å². The third-order valence-electron chi connectivity index (χ3n) is 3.81. The minimum Gasteiger partial charge on any atom is -0.465 e. The van der Waals surface area contributed by atoms with Crippen LogP contribution in [-0.4, -0.2) is 28.1 Å². The van der Waals surface area contributed by atoms with Crippen LogP contribution in [0.2, 0.25) is 0 Å². The minimum atomic E-state index is -1.23. The fourth-order valence-electron chi connectivity index (χ4n) is 2.43. The second kappa shape index (κ2) is 8.44. The Hall–Kier alpha value is -2.93. The summed E-state index contributed by atoms with van der Waals surface area (Å²) in [5.41, 5.74) is 7.74. The van der Waals surface area contributed by atoms with E-state index in [2.05, 4.69) is 21.2 Å². The Kier molecular flexibility index (Phi) is 6.30. The molecule has 0 aliphatic heterocycles. The molecule has 0 bridgehead atoms. The number of carbonyl (C=O) groups excluding carboxylic acids is 1. The molecule has 2 aromatic rings. The number of carboxylic acid groups (broad SMARTS) is 1. The molecular formula is C19H24N4O3. The number of benzene rings is 1. The van der Waals surface area contributed by atoms with Gasteiger partial charge >= 0.3 is 6.09 Å². The lowest BCUT2D eigenvalue weighted by molar-refractivity contribution is -0.126. The molecule has 1 aromatic carbocycles. The maximum atomic E-state index is 12.2. The Morgan fingerprint density at radius 2 is 1.81 bits per heavy atom. The number of hydrogen-bond donors (Lipinski definition) is 4. The fraction of sp³-hybridized carbons (Fsp3) is 0.316. The van der Waals surface area contributed by atoms with Crippen molar-refractivity contribution in [1.29, 1.82) is 0 Å². The van der Waals surface area contributed by atoms with Gasteiger partial charge in [-0.25, -0.2) is 10.2 Å². The zero-order valence-electron chi connectivity index (χ0n) is 15.1. The third kappa shape index (κ3) is 5.56. The van der Waals surface area contributed by atoms with Crippen LogP contribution in [-0.2, 0) is 11.3 Å². The number of carbonyl (C=O) groups is 2. The summed E-state index contributed by atoms with van der Waals surface area (Å²) in [5.74, 6) is -0.426. The molecule has 0 saturated carbocycles. The van der Waals surface area contributed by atoms with Crippen molar-refractivity contribution < 1.29 is 14.7 Å². The molecule has 2 amide bonds. The van der Waals surface area contributed by atoms with Gasteiger partial charge in [-0.1, -0.05) is 51.1 Å². The van der Waals surface area contributed by atoms with E-state index in [0.29, 0.717) is 6.54 Å². The molecule has 26 heavy (non-hydrogen) atoms. The number of nitrogens with one attached hydrogen (secondary N) is 3. The molecule has 1 aromatic heterocycles. The normalized spacial score (nSPS) is 12.3. The van der Waals surface area contributed by atoms with Gasteiger partial charge in [-0.3, -0.25) is 15.2 Å². The molecule has 7 nitrogen and oxygen atoms in total. The predicted octanol–water partition coefficient (Wildman–Crippen LogP) is 2.55. The van der Waals surface area contributed by atoms with Crippen molar-refractivity contribution in [3.63, 3.8) is 0 Å². The van der Waals surface area contributed by atoms with E-state index < -0.39 is 23.5 Å². The molecular weight excluding hydrogens is 332 g/mol. The standard InChI is InChI=1S/C19H24N4O3/c1-19(2,3)16(22-18(25)26)17(24)23-21-12-13-7-9-14(10-8-13)15-6-4-5-11-20-15/h4-11,16,21-22H,12H2,1-3H3,(H,23,24)(H,25,26)/t16-/m1/s1. The lowest BCUT2D eigenvalue weighted by Crippen LogP contribution is -2.55. The number of hydrazine groups is 1. The number of hydrogen-bond acceptors (Lipinski definition) is 4. The minimum absolute atomic E-state index is 0.415. The topological polar surface area (TPSA) is 103 Å². The number of rotatable bonds is 6. The Bertz CT molecular complexity index is 740. The Morgan fingerprint density at radius 3 is 2.35 bits per heavy atom. The highest BCUT2D eigenvalue weighted by Crippen LogP contribution is 2.19. The molecule has 0 fully saturated rings. The van der Waals surface area contributed by atoms with Gasteiger partial charge in [-0.2, -0.15) is 0 Å². The van der Waals surface area contributed by atoms with Gasteiger partial charge in [0.2, 0.25) is 0 Å². The summed E-state index contributed by atoms with van der Waals surface area (Å²) >= 11 is 0. The average Bonchev–Trinajstić information content (AvgIpc) is 2.60. The molecule has 2 rings (SSSR count). The molecule has 4 N–H and O–H groups in total. The first-order valence-corrected chi connectivity index (χ1v) is 8.30. The van der Waals surface area contributed by atoms with E-state index in [0.717, 1.165) is 16.8 Å². The number of aromatic nitrogens is 1. The predicted molar refractivity (Wildman–Crippen MR) is 99.1 cm³/mol. The van der Waals surface area contributed by atoms with Crippen LogP contribution in [0.1, 0.15) is 26.3 Å². The van der Waals surface area contributed by atoms with E-state index in [1.165, 1.54) is 0 Å². The second-order valence-electron chi connectivity index (χ2n) is 7.00. The summed E-state index contributed by atoms with van der Waals surface area (Å²) in [6.45, 7) is 5.80.